The van der Waals surface area contributed by atoms with Gasteiger partial charge in [0, 0.05) is 18.1 Å². The predicted octanol–water partition coefficient (Wildman–Crippen LogP) is 2.07. The number of carbonyl (C=O) groups is 1. The summed E-state index contributed by atoms with van der Waals surface area (Å²) in [6, 6.07) is 9.40. The lowest BCUT2D eigenvalue weighted by Crippen LogP contribution is -2.36. The molecule has 9 heteroatoms. The number of aromatic nitrogens is 4. The van der Waals surface area contributed by atoms with Crippen molar-refractivity contribution in [3.8, 4) is 5.69 Å². The molecule has 3 rings (SSSR count). The average molecular weight is 401 g/mol. The quantitative estimate of drug-likeness (QED) is 0.701. The lowest BCUT2D eigenvalue weighted by atomic mass is 10.2. The Bertz CT molecular complexity index is 1120. The molecule has 0 atom stereocenters. The van der Waals surface area contributed by atoms with Gasteiger partial charge in [-0.25, -0.2) is 13.1 Å². The highest BCUT2D eigenvalue weighted by Crippen LogP contribution is 2.22. The Morgan fingerprint density at radius 3 is 2.64 bits per heavy atom. The van der Waals surface area contributed by atoms with E-state index in [-0.39, 0.29) is 18.0 Å². The zero-order valence-electron chi connectivity index (χ0n) is 16.3. The lowest BCUT2D eigenvalue weighted by Gasteiger charge is -2.19. The summed E-state index contributed by atoms with van der Waals surface area (Å²) in [5, 5.41) is 11.6. The van der Waals surface area contributed by atoms with Gasteiger partial charge in [-0.3, -0.25) is 9.78 Å². The molecule has 1 amide bonds. The minimum absolute atomic E-state index is 0.0168. The first-order chi connectivity index (χ1) is 13.1. The van der Waals surface area contributed by atoms with Gasteiger partial charge in [0.2, 0.25) is 0 Å². The van der Waals surface area contributed by atoms with Gasteiger partial charge in [0.05, 0.1) is 27.4 Å². The van der Waals surface area contributed by atoms with E-state index in [1.807, 2.05) is 30.3 Å². The van der Waals surface area contributed by atoms with Crippen molar-refractivity contribution in [2.24, 2.45) is 0 Å². The van der Waals surface area contributed by atoms with Crippen LogP contribution in [0.3, 0.4) is 0 Å². The highest BCUT2D eigenvalue weighted by molar-refractivity contribution is 7.92. The first kappa shape index (κ1) is 19.9. The van der Waals surface area contributed by atoms with Crippen molar-refractivity contribution in [2.75, 3.05) is 12.3 Å². The molecule has 3 aromatic rings. The van der Waals surface area contributed by atoms with Crippen LogP contribution in [0.25, 0.3) is 16.6 Å². The third kappa shape index (κ3) is 3.75. The Kier molecular flexibility index (Phi) is 5.20. The second-order valence-corrected chi connectivity index (χ2v) is 10.3. The molecule has 28 heavy (non-hydrogen) atoms. The Labute approximate surface area is 163 Å². The molecule has 148 valence electrons. The monoisotopic (exact) mass is 401 g/mol. The van der Waals surface area contributed by atoms with Crippen molar-refractivity contribution in [3.05, 3.63) is 47.9 Å². The van der Waals surface area contributed by atoms with Crippen molar-refractivity contribution in [1.29, 1.82) is 0 Å². The number of benzene rings is 1. The Hall–Kier alpha value is -2.81. The first-order valence-electron chi connectivity index (χ1n) is 8.89. The fourth-order valence-corrected chi connectivity index (χ4v) is 3.71. The van der Waals surface area contributed by atoms with Crippen LogP contribution >= 0.6 is 0 Å². The number of amides is 1. The van der Waals surface area contributed by atoms with Gasteiger partial charge >= 0.3 is 0 Å². The van der Waals surface area contributed by atoms with Crippen LogP contribution in [0.4, 0.5) is 0 Å². The van der Waals surface area contributed by atoms with Crippen LogP contribution in [0.2, 0.25) is 0 Å². The van der Waals surface area contributed by atoms with Gasteiger partial charge in [0.15, 0.2) is 15.5 Å². The number of hydrogen-bond donors (Lipinski definition) is 1. The number of nitrogens with zero attached hydrogens (tertiary/aromatic N) is 4. The maximum atomic E-state index is 12.5. The first-order valence-corrected chi connectivity index (χ1v) is 10.5. The van der Waals surface area contributed by atoms with Gasteiger partial charge in [-0.2, -0.15) is 0 Å². The fourth-order valence-electron chi connectivity index (χ4n) is 2.73. The SMILES string of the molecule is Cc1c(C(=O)NCCS(=O)(=O)C(C)(C)C)nnn1-c1cccc2ncccc12. The summed E-state index contributed by atoms with van der Waals surface area (Å²) in [6.45, 7) is 6.68. The summed E-state index contributed by atoms with van der Waals surface area (Å²) in [5.41, 5.74) is 2.31. The van der Waals surface area contributed by atoms with Gasteiger partial charge in [-0.05, 0) is 52.0 Å². The standard InChI is InChI=1S/C19H23N5O3S/c1-13-17(18(25)21-11-12-28(26,27)19(2,3)4)22-23-24(13)16-9-5-8-15-14(16)7-6-10-20-15/h5-10H,11-12H2,1-4H3,(H,21,25). The minimum Gasteiger partial charge on any atom is -0.350 e. The van der Waals surface area contributed by atoms with Crippen molar-refractivity contribution < 1.29 is 13.2 Å². The third-order valence-electron chi connectivity index (χ3n) is 4.55. The van der Waals surface area contributed by atoms with E-state index in [0.717, 1.165) is 16.6 Å². The topological polar surface area (TPSA) is 107 Å². The van der Waals surface area contributed by atoms with Crippen LogP contribution in [0.15, 0.2) is 36.5 Å². The maximum absolute atomic E-state index is 12.5. The van der Waals surface area contributed by atoms with Crippen LogP contribution in [0.1, 0.15) is 37.0 Å². The largest absolute Gasteiger partial charge is 0.350 e. The van der Waals surface area contributed by atoms with Crippen molar-refractivity contribution >= 4 is 26.6 Å². The number of hydrogen-bond acceptors (Lipinski definition) is 6. The van der Waals surface area contributed by atoms with Gasteiger partial charge in [-0.1, -0.05) is 11.3 Å². The molecule has 0 fully saturated rings. The van der Waals surface area contributed by atoms with Gasteiger partial charge in [-0.15, -0.1) is 5.10 Å². The van der Waals surface area contributed by atoms with Crippen LogP contribution in [0.5, 0.6) is 0 Å². The molecule has 8 nitrogen and oxygen atoms in total. The van der Waals surface area contributed by atoms with Crippen LogP contribution in [0, 0.1) is 6.92 Å². The molecule has 0 radical (unpaired) electrons. The molecule has 1 N–H and O–H groups in total. The summed E-state index contributed by atoms with van der Waals surface area (Å²) in [7, 11) is -3.31. The average Bonchev–Trinajstić information content (AvgIpc) is 3.01. The van der Waals surface area contributed by atoms with E-state index in [0.29, 0.717) is 5.69 Å². The normalized spacial score (nSPS) is 12.3. The Balaban J connectivity index is 1.80. The van der Waals surface area contributed by atoms with Crippen molar-refractivity contribution in [1.82, 2.24) is 25.3 Å². The van der Waals surface area contributed by atoms with Crippen LogP contribution in [-0.2, 0) is 9.84 Å². The molecule has 2 aromatic heterocycles. The molecule has 1 aromatic carbocycles. The molecular weight excluding hydrogens is 378 g/mol. The molecule has 0 unspecified atom stereocenters. The van der Waals surface area contributed by atoms with Crippen molar-refractivity contribution in [2.45, 2.75) is 32.4 Å². The molecule has 2 heterocycles. The number of rotatable bonds is 5. The van der Waals surface area contributed by atoms with E-state index >= 15 is 0 Å². The second kappa shape index (κ2) is 7.31. The number of carbonyl (C=O) groups excluding carboxylic acids is 1. The van der Waals surface area contributed by atoms with E-state index in [4.69, 9.17) is 0 Å². The zero-order valence-corrected chi connectivity index (χ0v) is 17.1. The van der Waals surface area contributed by atoms with E-state index in [1.165, 1.54) is 0 Å². The lowest BCUT2D eigenvalue weighted by molar-refractivity contribution is 0.0950. The smallest absolute Gasteiger partial charge is 0.273 e. The molecule has 0 spiro atoms. The fraction of sp³-hybridized carbons (Fsp3) is 0.368. The number of sulfone groups is 1. The van der Waals surface area contributed by atoms with E-state index in [9.17, 15) is 13.2 Å². The van der Waals surface area contributed by atoms with Gasteiger partial charge in [0.25, 0.3) is 5.91 Å². The Morgan fingerprint density at radius 1 is 1.18 bits per heavy atom. The van der Waals surface area contributed by atoms with E-state index in [1.54, 1.807) is 38.6 Å². The molecule has 0 aliphatic heterocycles. The summed E-state index contributed by atoms with van der Waals surface area (Å²) < 4.78 is 25.0. The summed E-state index contributed by atoms with van der Waals surface area (Å²) in [5.74, 6) is -0.587. The third-order valence-corrected chi connectivity index (χ3v) is 7.16. The zero-order chi connectivity index (χ0) is 20.5. The molecule has 0 aliphatic rings. The molecule has 0 bridgehead atoms. The minimum atomic E-state index is -3.31. The van der Waals surface area contributed by atoms with Gasteiger partial charge < -0.3 is 5.32 Å². The van der Waals surface area contributed by atoms with Crippen LogP contribution in [-0.4, -0.2) is 51.3 Å². The molecule has 0 saturated heterocycles. The summed E-state index contributed by atoms with van der Waals surface area (Å²) >= 11 is 0. The Morgan fingerprint density at radius 2 is 1.93 bits per heavy atom. The summed E-state index contributed by atoms with van der Waals surface area (Å²) in [6.07, 6.45) is 1.71. The maximum Gasteiger partial charge on any atom is 0.273 e. The number of pyridine rings is 1. The predicted molar refractivity (Wildman–Crippen MR) is 107 cm³/mol. The molecular formula is C19H23N5O3S. The van der Waals surface area contributed by atoms with Crippen molar-refractivity contribution in [3.63, 3.8) is 0 Å². The number of nitrogens with one attached hydrogen (secondary N) is 1. The summed E-state index contributed by atoms with van der Waals surface area (Å²) in [4.78, 5) is 16.8. The van der Waals surface area contributed by atoms with Gasteiger partial charge in [0.1, 0.15) is 0 Å². The molecule has 0 saturated carbocycles. The second-order valence-electron chi connectivity index (χ2n) is 7.47. The molecule has 0 aliphatic carbocycles. The highest BCUT2D eigenvalue weighted by Gasteiger charge is 2.28. The van der Waals surface area contributed by atoms with Crippen LogP contribution < -0.4 is 5.32 Å². The van der Waals surface area contributed by atoms with E-state index in [2.05, 4.69) is 20.6 Å². The van der Waals surface area contributed by atoms with E-state index < -0.39 is 20.5 Å². The highest BCUT2D eigenvalue weighted by atomic mass is 32.2. The number of fused-ring (bicyclic) bond motifs is 1.